The van der Waals surface area contributed by atoms with Gasteiger partial charge in [-0.2, -0.15) is 37.3 Å². The lowest BCUT2D eigenvalue weighted by molar-refractivity contribution is -0.432. The van der Waals surface area contributed by atoms with Gasteiger partial charge in [0.05, 0.1) is 47.9 Å². The smallest absolute Gasteiger partial charge is 0.269 e. The lowest BCUT2D eigenvalue weighted by Gasteiger charge is -2.48. The van der Waals surface area contributed by atoms with Crippen LogP contribution >= 0.6 is 12.0 Å². The summed E-state index contributed by atoms with van der Waals surface area (Å²) in [7, 11) is -7.10. The highest BCUT2D eigenvalue weighted by Gasteiger charge is 2.52. The molecular formula is C28H48N6O11S3. The number of nitrogens with zero attached hydrogens (tertiary/aromatic N) is 5. The Morgan fingerprint density at radius 3 is 2.08 bits per heavy atom. The van der Waals surface area contributed by atoms with E-state index in [1.165, 1.54) is 6.40 Å². The molecule has 5 rings (SSSR count). The average Bonchev–Trinajstić information content (AvgIpc) is 3.04. The van der Waals surface area contributed by atoms with Crippen LogP contribution in [0.1, 0.15) is 77.0 Å². The van der Waals surface area contributed by atoms with Crippen LogP contribution in [-0.4, -0.2) is 108 Å². The molecule has 0 radical (unpaired) electrons. The standard InChI is InChI=1S/C28H48N6O11S3/c1-43-14-30-16-2-4-17(5-3-16)31-32-23-8-9-24(21-12-18(47(37,38)39)6-7-19(21)23)33-34-27-25(46-45-44-36)10-15-11-26(48(40,41)42)22(29)13-20(15)28(27)35/h14-28,35-36H,2-13,29H2,1H3,(H,37,38,39)(H,40,41,42). The predicted molar refractivity (Wildman–Crippen MR) is 174 cm³/mol. The van der Waals surface area contributed by atoms with Gasteiger partial charge in [-0.1, -0.05) is 5.04 Å². The van der Waals surface area contributed by atoms with Gasteiger partial charge in [0.1, 0.15) is 11.3 Å². The fourth-order valence-electron chi connectivity index (χ4n) is 8.80. The Hall–Kier alpha value is -1.36. The van der Waals surface area contributed by atoms with Crippen LogP contribution in [0.25, 0.3) is 0 Å². The maximum absolute atomic E-state index is 12.2. The van der Waals surface area contributed by atoms with Crippen LogP contribution in [0.2, 0.25) is 0 Å². The summed E-state index contributed by atoms with van der Waals surface area (Å²) < 4.78 is 77.6. The lowest BCUT2D eigenvalue weighted by Crippen LogP contribution is -2.57. The van der Waals surface area contributed by atoms with Crippen molar-refractivity contribution in [2.24, 2.45) is 54.9 Å². The third kappa shape index (κ3) is 9.10. The first-order valence-electron chi connectivity index (χ1n) is 16.6. The SMILES string of the molecule is COC=NC1CCC(N=NC2CCC(N=NC3C(SOOO)CC4CC(S(=O)(=O)O)C(N)CC4C3O)C3CC(S(=O)(=O)O)CCC23)CC1. The molecular weight excluding hydrogens is 693 g/mol. The summed E-state index contributed by atoms with van der Waals surface area (Å²) in [6.07, 6.45) is 6.70. The third-order valence-corrected chi connectivity index (χ3v) is 14.7. The highest BCUT2D eigenvalue weighted by atomic mass is 32.2. The van der Waals surface area contributed by atoms with Crippen molar-refractivity contribution in [2.75, 3.05) is 7.11 Å². The van der Waals surface area contributed by atoms with Crippen LogP contribution in [0.4, 0.5) is 0 Å². The van der Waals surface area contributed by atoms with E-state index in [1.807, 2.05) is 0 Å². The zero-order valence-corrected chi connectivity index (χ0v) is 29.3. The Morgan fingerprint density at radius 2 is 1.44 bits per heavy atom. The zero-order chi connectivity index (χ0) is 34.6. The van der Waals surface area contributed by atoms with E-state index in [4.69, 9.17) is 35.4 Å². The van der Waals surface area contributed by atoms with E-state index in [0.717, 1.165) is 37.7 Å². The van der Waals surface area contributed by atoms with Crippen molar-refractivity contribution in [1.29, 1.82) is 0 Å². The highest BCUT2D eigenvalue weighted by Crippen LogP contribution is 2.48. The summed E-state index contributed by atoms with van der Waals surface area (Å²) in [5, 5.41) is 40.3. The first-order valence-corrected chi connectivity index (χ1v) is 20.4. The molecule has 0 bridgehead atoms. The molecule has 48 heavy (non-hydrogen) atoms. The summed E-state index contributed by atoms with van der Waals surface area (Å²) >= 11 is 0.729. The number of aliphatic hydroxyl groups is 1. The zero-order valence-electron chi connectivity index (χ0n) is 26.8. The Labute approximate surface area is 285 Å². The van der Waals surface area contributed by atoms with Crippen LogP contribution in [0.15, 0.2) is 25.4 Å². The number of hydrogen-bond acceptors (Lipinski definition) is 16. The van der Waals surface area contributed by atoms with Gasteiger partial charge in [0.15, 0.2) is 6.40 Å². The van der Waals surface area contributed by atoms with Gasteiger partial charge >= 0.3 is 0 Å². The molecule has 17 nitrogen and oxygen atoms in total. The van der Waals surface area contributed by atoms with Crippen molar-refractivity contribution >= 4 is 38.7 Å². The fraction of sp³-hybridized carbons (Fsp3) is 0.964. The summed E-state index contributed by atoms with van der Waals surface area (Å²) in [5.74, 6) is -1.01. The Bertz CT molecular complexity index is 1380. The van der Waals surface area contributed by atoms with Crippen LogP contribution in [0.5, 0.6) is 0 Å². The molecule has 0 aromatic rings. The minimum atomic E-state index is -4.40. The van der Waals surface area contributed by atoms with Gasteiger partial charge < -0.3 is 15.6 Å². The summed E-state index contributed by atoms with van der Waals surface area (Å²) in [4.78, 5) is 4.40. The molecule has 0 aromatic heterocycles. The molecule has 20 heteroatoms. The topological polar surface area (TPSA) is 265 Å². The van der Waals surface area contributed by atoms with Crippen molar-refractivity contribution in [3.05, 3.63) is 0 Å². The van der Waals surface area contributed by atoms with E-state index in [-0.39, 0.29) is 55.1 Å². The molecule has 5 aliphatic rings. The molecule has 274 valence electrons. The van der Waals surface area contributed by atoms with Crippen molar-refractivity contribution in [3.8, 4) is 0 Å². The van der Waals surface area contributed by atoms with Gasteiger partial charge in [-0.05, 0) is 101 Å². The lowest BCUT2D eigenvalue weighted by atomic mass is 9.66. The molecule has 5 aliphatic carbocycles. The summed E-state index contributed by atoms with van der Waals surface area (Å²) in [6.45, 7) is 0. The quantitative estimate of drug-likeness (QED) is 0.0388. The molecule has 0 aliphatic heterocycles. The molecule has 0 heterocycles. The Balaban J connectivity index is 1.31. The van der Waals surface area contributed by atoms with Gasteiger partial charge in [0.2, 0.25) is 0 Å². The number of rotatable bonds is 11. The molecule has 12 atom stereocenters. The number of ether oxygens (including phenoxy) is 1. The Morgan fingerprint density at radius 1 is 0.771 bits per heavy atom. The predicted octanol–water partition coefficient (Wildman–Crippen LogP) is 3.26. The van der Waals surface area contributed by atoms with Crippen LogP contribution < -0.4 is 5.73 Å². The van der Waals surface area contributed by atoms with Crippen molar-refractivity contribution in [2.45, 2.75) is 135 Å². The summed E-state index contributed by atoms with van der Waals surface area (Å²) in [6, 6.07) is -1.91. The third-order valence-electron chi connectivity index (χ3n) is 11.3. The van der Waals surface area contributed by atoms with Crippen molar-refractivity contribution < 1.29 is 50.4 Å². The minimum Gasteiger partial charge on any atom is -0.487 e. The Kier molecular flexibility index (Phi) is 12.9. The molecule has 12 unspecified atom stereocenters. The average molecular weight is 741 g/mol. The van der Waals surface area contributed by atoms with Crippen molar-refractivity contribution in [3.63, 3.8) is 0 Å². The minimum absolute atomic E-state index is 0.0160. The molecule has 0 saturated heterocycles. The normalized spacial score (nSPS) is 43.0. The second-order valence-electron chi connectivity index (χ2n) is 14.0. The highest BCUT2D eigenvalue weighted by molar-refractivity contribution is 7.95. The number of hydrogen-bond donors (Lipinski definition) is 5. The van der Waals surface area contributed by atoms with Crippen LogP contribution in [0, 0.1) is 23.7 Å². The molecule has 5 saturated carbocycles. The van der Waals surface area contributed by atoms with Crippen molar-refractivity contribution in [1.82, 2.24) is 0 Å². The van der Waals surface area contributed by atoms with Gasteiger partial charge in [-0.15, -0.1) is 4.33 Å². The number of fused-ring (bicyclic) bond motifs is 2. The van der Waals surface area contributed by atoms with Gasteiger partial charge in [0.25, 0.3) is 20.2 Å². The van der Waals surface area contributed by atoms with Gasteiger partial charge in [-0.25, -0.2) is 5.26 Å². The van der Waals surface area contributed by atoms with Crippen LogP contribution in [0.3, 0.4) is 0 Å². The monoisotopic (exact) mass is 740 g/mol. The summed E-state index contributed by atoms with van der Waals surface area (Å²) in [5.41, 5.74) is 6.13. The maximum atomic E-state index is 12.2. The number of methoxy groups -OCH3 is 1. The van der Waals surface area contributed by atoms with E-state index in [0.29, 0.717) is 32.1 Å². The molecule has 5 fully saturated rings. The number of azo groups is 2. The first kappa shape index (κ1) is 37.9. The van der Waals surface area contributed by atoms with Gasteiger partial charge in [0, 0.05) is 18.1 Å². The first-order chi connectivity index (χ1) is 22.8. The van der Waals surface area contributed by atoms with E-state index in [2.05, 4.69) is 15.1 Å². The van der Waals surface area contributed by atoms with E-state index < -0.39 is 66.1 Å². The van der Waals surface area contributed by atoms with E-state index >= 15 is 0 Å². The molecule has 6 N–H and O–H groups in total. The number of nitrogens with two attached hydrogens (primary N) is 1. The van der Waals surface area contributed by atoms with E-state index in [1.54, 1.807) is 7.11 Å². The fourth-order valence-corrected chi connectivity index (χ4v) is 11.5. The maximum Gasteiger partial charge on any atom is 0.269 e. The number of aliphatic imine (C=N–C) groups is 1. The van der Waals surface area contributed by atoms with E-state index in [9.17, 15) is 31.0 Å². The van der Waals surface area contributed by atoms with Crippen LogP contribution in [-0.2, 0) is 34.3 Å². The largest absolute Gasteiger partial charge is 0.487 e. The van der Waals surface area contributed by atoms with Gasteiger partial charge in [-0.3, -0.25) is 14.1 Å². The molecule has 0 amide bonds. The molecule has 0 spiro atoms. The second kappa shape index (κ2) is 16.3. The molecule has 0 aromatic carbocycles. The second-order valence-corrected chi connectivity index (χ2v) is 18.3. The number of aliphatic hydroxyl groups excluding tert-OH is 1.